The minimum atomic E-state index is -0.224. The van der Waals surface area contributed by atoms with Gasteiger partial charge in [0.25, 0.3) is 0 Å². The minimum Gasteiger partial charge on any atom is -0.342 e. The van der Waals surface area contributed by atoms with Gasteiger partial charge in [0.1, 0.15) is 5.82 Å². The van der Waals surface area contributed by atoms with Gasteiger partial charge < -0.3 is 6.92 Å². The number of nitrogens with zero attached hydrogens (tertiary/aromatic N) is 2. The number of aryl methyl sites for hydroxylation is 1. The molecule has 1 aromatic carbocycles. The molecule has 2 rings (SSSR count). The fourth-order valence-electron chi connectivity index (χ4n) is 1.37. The van der Waals surface area contributed by atoms with Crippen LogP contribution in [0.1, 0.15) is 6.42 Å². The molecule has 0 atom stereocenters. The predicted octanol–water partition coefficient (Wildman–Crippen LogP) is 2.40. The Morgan fingerprint density at radius 2 is 2.21 bits per heavy atom. The fraction of sp³-hybridized carbons (Fsp3) is 0.200. The molecule has 0 fully saturated rings. The Bertz CT molecular complexity index is 425. The molecule has 0 spiro atoms. The fourth-order valence-corrected chi connectivity index (χ4v) is 1.37. The molecule has 0 saturated carbocycles. The molecule has 0 N–H and O–H groups in total. The van der Waals surface area contributed by atoms with Crippen molar-refractivity contribution in [2.45, 2.75) is 13.0 Å². The maximum Gasteiger partial charge on any atom is 0.125 e. The number of rotatable bonds is 2. The summed E-state index contributed by atoms with van der Waals surface area (Å²) < 4.78 is 14.6. The van der Waals surface area contributed by atoms with Crippen LogP contribution >= 0.6 is 0 Å². The van der Waals surface area contributed by atoms with Gasteiger partial charge in [0.05, 0.1) is 11.7 Å². The molecule has 0 amide bonds. The Morgan fingerprint density at radius 1 is 1.43 bits per heavy atom. The molecule has 2 nitrogen and oxygen atoms in total. The van der Waals surface area contributed by atoms with Gasteiger partial charge in [0, 0.05) is 28.7 Å². The van der Waals surface area contributed by atoms with Gasteiger partial charge in [0.15, 0.2) is 0 Å². The molecule has 0 aliphatic carbocycles. The van der Waals surface area contributed by atoms with Crippen LogP contribution in [0.5, 0.6) is 0 Å². The van der Waals surface area contributed by atoms with Gasteiger partial charge in [-0.25, -0.2) is 4.39 Å². The second-order valence-electron chi connectivity index (χ2n) is 2.92. The Morgan fingerprint density at radius 3 is 2.93 bits per heavy atom. The third kappa shape index (κ3) is 1.96. The van der Waals surface area contributed by atoms with Crippen molar-refractivity contribution in [1.29, 1.82) is 0 Å². The van der Waals surface area contributed by atoms with Crippen molar-refractivity contribution in [1.82, 2.24) is 9.78 Å². The molecule has 1 heterocycles. The smallest absolute Gasteiger partial charge is 0.125 e. The summed E-state index contributed by atoms with van der Waals surface area (Å²) >= 11 is 0. The van der Waals surface area contributed by atoms with Crippen LogP contribution in [0.3, 0.4) is 0 Å². The van der Waals surface area contributed by atoms with Crippen LogP contribution in [0.15, 0.2) is 24.4 Å². The number of aromatic nitrogens is 2. The zero-order valence-electron chi connectivity index (χ0n) is 7.54. The summed E-state index contributed by atoms with van der Waals surface area (Å²) in [5.41, 5.74) is 0.837. The third-order valence-electron chi connectivity index (χ3n) is 1.98. The topological polar surface area (TPSA) is 17.8 Å². The van der Waals surface area contributed by atoms with Gasteiger partial charge in [-0.2, -0.15) is 11.5 Å². The average molecular weight is 236 g/mol. The molecular formula is C10H10CoFN2-. The predicted molar refractivity (Wildman–Crippen MR) is 49.7 cm³/mol. The molecule has 1 radical (unpaired) electrons. The number of fused-ring (bicyclic) bond motifs is 1. The Hall–Kier alpha value is -0.874. The molecule has 77 valence electrons. The van der Waals surface area contributed by atoms with Gasteiger partial charge in [-0.3, -0.25) is 4.68 Å². The summed E-state index contributed by atoms with van der Waals surface area (Å²) in [6, 6.07) is 4.67. The van der Waals surface area contributed by atoms with E-state index >= 15 is 0 Å². The Labute approximate surface area is 92.3 Å². The average Bonchev–Trinajstić information content (AvgIpc) is 2.49. The van der Waals surface area contributed by atoms with E-state index < -0.39 is 0 Å². The molecule has 0 aliphatic rings. The van der Waals surface area contributed by atoms with Crippen LogP contribution in [0.2, 0.25) is 0 Å². The standard InChI is InChI=1S/C10H10FN2.Co/c1-2-5-13-10-6-9(11)4-3-8(10)7-12-13;/h3-4,6-7H,1-2,5H2;/q-1;. The van der Waals surface area contributed by atoms with E-state index in [2.05, 4.69) is 12.0 Å². The first-order chi connectivity index (χ1) is 6.31. The Balaban J connectivity index is 0.000000980. The van der Waals surface area contributed by atoms with Crippen LogP contribution in [0.4, 0.5) is 4.39 Å². The van der Waals surface area contributed by atoms with Gasteiger partial charge in [-0.1, -0.05) is 0 Å². The second kappa shape index (κ2) is 4.57. The summed E-state index contributed by atoms with van der Waals surface area (Å²) in [4.78, 5) is 0. The molecule has 1 aromatic heterocycles. The largest absolute Gasteiger partial charge is 0.342 e. The van der Waals surface area contributed by atoms with E-state index in [9.17, 15) is 4.39 Å². The van der Waals surface area contributed by atoms with Gasteiger partial charge >= 0.3 is 0 Å². The van der Waals surface area contributed by atoms with E-state index in [-0.39, 0.29) is 22.6 Å². The number of hydrogen-bond acceptors (Lipinski definition) is 1. The second-order valence-corrected chi connectivity index (χ2v) is 2.92. The van der Waals surface area contributed by atoms with E-state index in [1.54, 1.807) is 16.9 Å². The first-order valence-electron chi connectivity index (χ1n) is 4.21. The summed E-state index contributed by atoms with van der Waals surface area (Å²) in [6.45, 7) is 4.46. The van der Waals surface area contributed by atoms with Crippen molar-refractivity contribution in [3.05, 3.63) is 37.1 Å². The van der Waals surface area contributed by atoms with Gasteiger partial charge in [0.2, 0.25) is 0 Å². The maximum atomic E-state index is 12.9. The van der Waals surface area contributed by atoms with Crippen LogP contribution in [0, 0.1) is 12.7 Å². The molecule has 0 bridgehead atoms. The van der Waals surface area contributed by atoms with Gasteiger partial charge in [-0.05, 0) is 18.2 Å². The quantitative estimate of drug-likeness (QED) is 0.732. The van der Waals surface area contributed by atoms with E-state index in [0.717, 1.165) is 23.9 Å². The van der Waals surface area contributed by atoms with Crippen molar-refractivity contribution < 1.29 is 21.2 Å². The molecule has 0 aliphatic heterocycles. The SMILES string of the molecule is [CH2-]CCn1ncc2ccc(F)cc21.[Co]. The van der Waals surface area contributed by atoms with Crippen LogP contribution in [-0.2, 0) is 23.3 Å². The van der Waals surface area contributed by atoms with Crippen molar-refractivity contribution in [2.24, 2.45) is 0 Å². The monoisotopic (exact) mass is 236 g/mol. The molecule has 4 heteroatoms. The van der Waals surface area contributed by atoms with E-state index in [0.29, 0.717) is 0 Å². The Kier molecular flexibility index (Phi) is 3.66. The van der Waals surface area contributed by atoms with Crippen molar-refractivity contribution in [2.75, 3.05) is 0 Å². The van der Waals surface area contributed by atoms with E-state index in [1.165, 1.54) is 12.1 Å². The van der Waals surface area contributed by atoms with Crippen LogP contribution in [-0.4, -0.2) is 9.78 Å². The number of benzene rings is 1. The molecular weight excluding hydrogens is 226 g/mol. The summed E-state index contributed by atoms with van der Waals surface area (Å²) in [7, 11) is 0. The summed E-state index contributed by atoms with van der Waals surface area (Å²) in [5.74, 6) is -0.224. The van der Waals surface area contributed by atoms with Crippen molar-refractivity contribution in [3.8, 4) is 0 Å². The van der Waals surface area contributed by atoms with Crippen molar-refractivity contribution >= 4 is 10.9 Å². The summed E-state index contributed by atoms with van der Waals surface area (Å²) in [6.07, 6.45) is 2.50. The summed E-state index contributed by atoms with van der Waals surface area (Å²) in [5, 5.41) is 5.10. The first-order valence-corrected chi connectivity index (χ1v) is 4.21. The molecule has 0 unspecified atom stereocenters. The van der Waals surface area contributed by atoms with Crippen molar-refractivity contribution in [3.63, 3.8) is 0 Å². The van der Waals surface area contributed by atoms with Gasteiger partial charge in [-0.15, -0.1) is 0 Å². The maximum absolute atomic E-state index is 12.9. The normalized spacial score (nSPS) is 10.1. The molecule has 0 saturated heterocycles. The number of halogens is 1. The first kappa shape index (κ1) is 11.2. The third-order valence-corrected chi connectivity index (χ3v) is 1.98. The molecule has 14 heavy (non-hydrogen) atoms. The van der Waals surface area contributed by atoms with E-state index in [1.807, 2.05) is 0 Å². The zero-order valence-corrected chi connectivity index (χ0v) is 8.58. The van der Waals surface area contributed by atoms with E-state index in [4.69, 9.17) is 0 Å². The number of hydrogen-bond donors (Lipinski definition) is 0. The minimum absolute atomic E-state index is 0. The van der Waals surface area contributed by atoms with Crippen LogP contribution in [0.25, 0.3) is 10.9 Å². The van der Waals surface area contributed by atoms with Crippen LogP contribution < -0.4 is 0 Å². The molecule has 2 aromatic rings. The zero-order chi connectivity index (χ0) is 9.26.